The summed E-state index contributed by atoms with van der Waals surface area (Å²) in [5, 5.41) is 3.97. The lowest BCUT2D eigenvalue weighted by Gasteiger charge is -2.28. The summed E-state index contributed by atoms with van der Waals surface area (Å²) in [6.45, 7) is 4.58. The Kier molecular flexibility index (Phi) is 5.89. The first kappa shape index (κ1) is 18.4. The minimum Gasteiger partial charge on any atom is -0.494 e. The molecule has 3 rings (SSSR count). The van der Waals surface area contributed by atoms with E-state index in [-0.39, 0.29) is 18.3 Å². The maximum atomic E-state index is 12.8. The molecule has 0 amide bonds. The van der Waals surface area contributed by atoms with Crippen LogP contribution in [0.15, 0.2) is 47.2 Å². The molecule has 5 heteroatoms. The van der Waals surface area contributed by atoms with Crippen LogP contribution in [0.4, 0.5) is 0 Å². The van der Waals surface area contributed by atoms with Crippen molar-refractivity contribution in [3.8, 4) is 5.75 Å². The second-order valence-electron chi connectivity index (χ2n) is 6.13. The normalized spacial score (nSPS) is 19.8. The van der Waals surface area contributed by atoms with Gasteiger partial charge >= 0.3 is 5.97 Å². The Bertz CT molecular complexity index is 790. The molecule has 26 heavy (non-hydrogen) atoms. The molecule has 1 aliphatic carbocycles. The van der Waals surface area contributed by atoms with Gasteiger partial charge in [-0.15, -0.1) is 0 Å². The molecule has 0 saturated heterocycles. The number of rotatable bonds is 6. The van der Waals surface area contributed by atoms with Gasteiger partial charge in [0.1, 0.15) is 11.7 Å². The first-order valence-electron chi connectivity index (χ1n) is 8.80. The van der Waals surface area contributed by atoms with Crippen LogP contribution in [0.2, 0.25) is 0 Å². The summed E-state index contributed by atoms with van der Waals surface area (Å²) in [5.41, 5.74) is 2.93. The number of esters is 1. The Morgan fingerprint density at radius 3 is 2.54 bits per heavy atom. The molecule has 136 valence electrons. The van der Waals surface area contributed by atoms with Gasteiger partial charge in [-0.2, -0.15) is 11.3 Å². The van der Waals surface area contributed by atoms with Crippen LogP contribution >= 0.6 is 11.3 Å². The van der Waals surface area contributed by atoms with E-state index in [1.54, 1.807) is 24.3 Å². The van der Waals surface area contributed by atoms with E-state index in [1.165, 1.54) is 0 Å². The molecule has 2 aromatic rings. The summed E-state index contributed by atoms with van der Waals surface area (Å²) in [7, 11) is 0. The first-order chi connectivity index (χ1) is 12.6. The lowest BCUT2D eigenvalue weighted by molar-refractivity contribution is -0.151. The van der Waals surface area contributed by atoms with Gasteiger partial charge in [0.05, 0.1) is 13.2 Å². The SMILES string of the molecule is CCOC(=O)[C@H]1C(=O)C=C(c2ccc(OCC)cc2)C[C@@H]1c1ccsc1. The van der Waals surface area contributed by atoms with Crippen LogP contribution < -0.4 is 4.74 Å². The lowest BCUT2D eigenvalue weighted by Crippen LogP contribution is -2.33. The minimum atomic E-state index is -0.768. The summed E-state index contributed by atoms with van der Waals surface area (Å²) in [6.07, 6.45) is 2.22. The summed E-state index contributed by atoms with van der Waals surface area (Å²) in [6, 6.07) is 9.71. The van der Waals surface area contributed by atoms with Gasteiger partial charge in [0.15, 0.2) is 5.78 Å². The number of hydrogen-bond donors (Lipinski definition) is 0. The van der Waals surface area contributed by atoms with Gasteiger partial charge in [-0.3, -0.25) is 9.59 Å². The predicted molar refractivity (Wildman–Crippen MR) is 102 cm³/mol. The number of carbonyl (C=O) groups is 2. The Balaban J connectivity index is 1.92. The van der Waals surface area contributed by atoms with Gasteiger partial charge in [-0.05, 0) is 72.0 Å². The monoisotopic (exact) mass is 370 g/mol. The van der Waals surface area contributed by atoms with Crippen LogP contribution in [0.1, 0.15) is 37.3 Å². The van der Waals surface area contributed by atoms with Gasteiger partial charge < -0.3 is 9.47 Å². The fourth-order valence-electron chi connectivity index (χ4n) is 3.32. The van der Waals surface area contributed by atoms with Crippen molar-refractivity contribution in [1.82, 2.24) is 0 Å². The highest BCUT2D eigenvalue weighted by atomic mass is 32.1. The van der Waals surface area contributed by atoms with Crippen LogP contribution in [-0.4, -0.2) is 25.0 Å². The molecule has 1 aromatic carbocycles. The molecule has 1 aliphatic rings. The Morgan fingerprint density at radius 1 is 1.15 bits per heavy atom. The molecular formula is C21H22O4S. The lowest BCUT2D eigenvalue weighted by atomic mass is 9.74. The quantitative estimate of drug-likeness (QED) is 0.556. The zero-order chi connectivity index (χ0) is 18.5. The van der Waals surface area contributed by atoms with Crippen molar-refractivity contribution in [3.05, 3.63) is 58.3 Å². The highest BCUT2D eigenvalue weighted by Crippen LogP contribution is 2.41. The number of thiophene rings is 1. The van der Waals surface area contributed by atoms with Crippen LogP contribution in [0.5, 0.6) is 5.75 Å². The van der Waals surface area contributed by atoms with Crippen LogP contribution in [0.3, 0.4) is 0 Å². The van der Waals surface area contributed by atoms with Crippen molar-refractivity contribution in [2.45, 2.75) is 26.2 Å². The van der Waals surface area contributed by atoms with E-state index < -0.39 is 11.9 Å². The molecule has 0 unspecified atom stereocenters. The van der Waals surface area contributed by atoms with E-state index >= 15 is 0 Å². The van der Waals surface area contributed by atoms with Crippen molar-refractivity contribution >= 4 is 28.7 Å². The predicted octanol–water partition coefficient (Wildman–Crippen LogP) is 4.47. The second-order valence-corrected chi connectivity index (χ2v) is 6.91. The highest BCUT2D eigenvalue weighted by Gasteiger charge is 2.39. The van der Waals surface area contributed by atoms with Gasteiger partial charge in [0.2, 0.25) is 0 Å². The fraction of sp³-hybridized carbons (Fsp3) is 0.333. The van der Waals surface area contributed by atoms with Gasteiger partial charge in [-0.1, -0.05) is 12.1 Å². The molecule has 1 aromatic heterocycles. The Hall–Kier alpha value is -2.40. The maximum Gasteiger partial charge on any atom is 0.317 e. The van der Waals surface area contributed by atoms with E-state index in [1.807, 2.05) is 48.0 Å². The number of benzene rings is 1. The number of allylic oxidation sites excluding steroid dienone is 2. The molecule has 0 aliphatic heterocycles. The van der Waals surface area contributed by atoms with E-state index in [4.69, 9.17) is 9.47 Å². The molecule has 0 fully saturated rings. The van der Waals surface area contributed by atoms with Gasteiger partial charge in [0, 0.05) is 5.92 Å². The van der Waals surface area contributed by atoms with Crippen LogP contribution in [-0.2, 0) is 14.3 Å². The summed E-state index contributed by atoms with van der Waals surface area (Å²) in [5.74, 6) is -0.779. The third-order valence-electron chi connectivity index (χ3n) is 4.51. The second kappa shape index (κ2) is 8.32. The van der Waals surface area contributed by atoms with E-state index in [0.717, 1.165) is 22.4 Å². The first-order valence-corrected chi connectivity index (χ1v) is 9.74. The molecule has 4 nitrogen and oxygen atoms in total. The molecule has 0 saturated carbocycles. The Labute approximate surface area is 157 Å². The third kappa shape index (κ3) is 3.88. The molecule has 1 heterocycles. The average molecular weight is 370 g/mol. The number of hydrogen-bond acceptors (Lipinski definition) is 5. The molecule has 2 atom stereocenters. The fourth-order valence-corrected chi connectivity index (χ4v) is 4.04. The van der Waals surface area contributed by atoms with Crippen molar-refractivity contribution < 1.29 is 19.1 Å². The van der Waals surface area contributed by atoms with Crippen LogP contribution in [0.25, 0.3) is 5.57 Å². The average Bonchev–Trinajstić information content (AvgIpc) is 3.16. The summed E-state index contributed by atoms with van der Waals surface area (Å²) in [4.78, 5) is 25.2. The van der Waals surface area contributed by atoms with E-state index in [2.05, 4.69) is 0 Å². The molecule has 0 radical (unpaired) electrons. The molecule has 0 bridgehead atoms. The van der Waals surface area contributed by atoms with E-state index in [0.29, 0.717) is 13.0 Å². The van der Waals surface area contributed by atoms with Crippen molar-refractivity contribution in [2.24, 2.45) is 5.92 Å². The topological polar surface area (TPSA) is 52.6 Å². The van der Waals surface area contributed by atoms with Crippen molar-refractivity contribution in [2.75, 3.05) is 13.2 Å². The van der Waals surface area contributed by atoms with Crippen molar-refractivity contribution in [3.63, 3.8) is 0 Å². The number of ketones is 1. The van der Waals surface area contributed by atoms with Crippen molar-refractivity contribution in [1.29, 1.82) is 0 Å². The summed E-state index contributed by atoms with van der Waals surface area (Å²) < 4.78 is 10.6. The molecule has 0 N–H and O–H groups in total. The number of carbonyl (C=O) groups excluding carboxylic acids is 2. The number of ether oxygens (including phenoxy) is 2. The molecular weight excluding hydrogens is 348 g/mol. The summed E-state index contributed by atoms with van der Waals surface area (Å²) >= 11 is 1.57. The zero-order valence-corrected chi connectivity index (χ0v) is 15.8. The van der Waals surface area contributed by atoms with Crippen LogP contribution in [0, 0.1) is 5.92 Å². The van der Waals surface area contributed by atoms with E-state index in [9.17, 15) is 9.59 Å². The third-order valence-corrected chi connectivity index (χ3v) is 5.21. The maximum absolute atomic E-state index is 12.8. The van der Waals surface area contributed by atoms with Gasteiger partial charge in [0.25, 0.3) is 0 Å². The smallest absolute Gasteiger partial charge is 0.317 e. The molecule has 0 spiro atoms. The standard InChI is InChI=1S/C21H22O4S/c1-3-24-17-7-5-14(6-8-17)16-11-18(15-9-10-26-13-15)20(19(22)12-16)21(23)25-4-2/h5-10,12-13,18,20H,3-4,11H2,1-2H3/t18-,20-/m1/s1. The highest BCUT2D eigenvalue weighted by molar-refractivity contribution is 7.08. The largest absolute Gasteiger partial charge is 0.494 e. The van der Waals surface area contributed by atoms with Gasteiger partial charge in [-0.25, -0.2) is 0 Å². The Morgan fingerprint density at radius 2 is 1.92 bits per heavy atom. The zero-order valence-electron chi connectivity index (χ0n) is 14.9. The minimum absolute atomic E-state index is 0.185.